The number of carbonyl (C=O) groups is 1. The van der Waals surface area contributed by atoms with Crippen LogP contribution in [0.4, 0.5) is 0 Å². The normalized spacial score (nSPS) is 15.1. The van der Waals surface area contributed by atoms with Crippen molar-refractivity contribution in [1.29, 1.82) is 0 Å². The highest BCUT2D eigenvalue weighted by molar-refractivity contribution is 5.81. The number of methoxy groups -OCH3 is 3. The van der Waals surface area contributed by atoms with Gasteiger partial charge in [-0.05, 0) is 18.2 Å². The van der Waals surface area contributed by atoms with E-state index in [1.165, 1.54) is 0 Å². The average molecular weight is 359 g/mol. The summed E-state index contributed by atoms with van der Waals surface area (Å²) in [5.74, 6) is 2.63. The van der Waals surface area contributed by atoms with Crippen LogP contribution in [-0.4, -0.2) is 39.9 Å². The van der Waals surface area contributed by atoms with E-state index in [1.54, 1.807) is 45.6 Å². The fourth-order valence-corrected chi connectivity index (χ4v) is 2.68. The minimum Gasteiger partial charge on any atom is -0.496 e. The number of hydrogen-bond acceptors (Lipinski definition) is 6. The number of ether oxygens (including phenoxy) is 5. The van der Waals surface area contributed by atoms with Crippen LogP contribution in [0.1, 0.15) is 5.56 Å². The van der Waals surface area contributed by atoms with Crippen LogP contribution in [0.2, 0.25) is 0 Å². The van der Waals surface area contributed by atoms with Gasteiger partial charge in [-0.3, -0.25) is 4.79 Å². The molecule has 7 heteroatoms. The SMILES string of the molecule is COc1cc(OC)c(OC)cc1CNC(=O)[C@H]1COc2ccccc2O1. The highest BCUT2D eigenvalue weighted by Gasteiger charge is 2.27. The molecule has 7 nitrogen and oxygen atoms in total. The first-order chi connectivity index (χ1) is 12.7. The van der Waals surface area contributed by atoms with Gasteiger partial charge >= 0.3 is 0 Å². The molecule has 0 spiro atoms. The number of carbonyl (C=O) groups excluding carboxylic acids is 1. The van der Waals surface area contributed by atoms with Gasteiger partial charge < -0.3 is 29.0 Å². The van der Waals surface area contributed by atoms with E-state index in [2.05, 4.69) is 5.32 Å². The maximum Gasteiger partial charge on any atom is 0.264 e. The smallest absolute Gasteiger partial charge is 0.264 e. The van der Waals surface area contributed by atoms with Gasteiger partial charge in [0.1, 0.15) is 12.4 Å². The minimum absolute atomic E-state index is 0.159. The van der Waals surface area contributed by atoms with Gasteiger partial charge in [0, 0.05) is 18.2 Å². The molecule has 0 aromatic heterocycles. The van der Waals surface area contributed by atoms with Gasteiger partial charge in [-0.15, -0.1) is 0 Å². The number of nitrogens with one attached hydrogen (secondary N) is 1. The van der Waals surface area contributed by atoms with E-state index in [0.717, 1.165) is 5.56 Å². The predicted octanol–water partition coefficient (Wildman–Crippen LogP) is 2.17. The summed E-state index contributed by atoms with van der Waals surface area (Å²) >= 11 is 0. The van der Waals surface area contributed by atoms with Crippen LogP contribution in [0, 0.1) is 0 Å². The summed E-state index contributed by atoms with van der Waals surface area (Å²) in [5, 5.41) is 2.84. The van der Waals surface area contributed by atoms with Crippen LogP contribution in [0.5, 0.6) is 28.7 Å². The van der Waals surface area contributed by atoms with Gasteiger partial charge in [0.05, 0.1) is 21.3 Å². The van der Waals surface area contributed by atoms with E-state index < -0.39 is 6.10 Å². The highest BCUT2D eigenvalue weighted by Crippen LogP contribution is 2.35. The average Bonchev–Trinajstić information content (AvgIpc) is 2.70. The topological polar surface area (TPSA) is 75.2 Å². The summed E-state index contributed by atoms with van der Waals surface area (Å²) < 4.78 is 27.2. The fourth-order valence-electron chi connectivity index (χ4n) is 2.68. The van der Waals surface area contributed by atoms with E-state index >= 15 is 0 Å². The second kappa shape index (κ2) is 7.86. The van der Waals surface area contributed by atoms with Gasteiger partial charge in [0.15, 0.2) is 23.0 Å². The van der Waals surface area contributed by atoms with Crippen LogP contribution in [-0.2, 0) is 11.3 Å². The molecule has 0 unspecified atom stereocenters. The number of para-hydroxylation sites is 2. The van der Waals surface area contributed by atoms with Crippen molar-refractivity contribution in [3.8, 4) is 28.7 Å². The molecule has 26 heavy (non-hydrogen) atoms. The number of hydrogen-bond donors (Lipinski definition) is 1. The zero-order valence-electron chi connectivity index (χ0n) is 14.9. The van der Waals surface area contributed by atoms with Gasteiger partial charge in [-0.2, -0.15) is 0 Å². The van der Waals surface area contributed by atoms with E-state index in [1.807, 2.05) is 12.1 Å². The van der Waals surface area contributed by atoms with Gasteiger partial charge in [0.2, 0.25) is 6.10 Å². The van der Waals surface area contributed by atoms with Crippen molar-refractivity contribution in [1.82, 2.24) is 5.32 Å². The summed E-state index contributed by atoms with van der Waals surface area (Å²) in [5.41, 5.74) is 0.760. The van der Waals surface area contributed by atoms with Crippen LogP contribution in [0.3, 0.4) is 0 Å². The molecule has 1 N–H and O–H groups in total. The second-order valence-corrected chi connectivity index (χ2v) is 5.60. The van der Waals surface area contributed by atoms with Crippen molar-refractivity contribution in [2.75, 3.05) is 27.9 Å². The monoisotopic (exact) mass is 359 g/mol. The third-order valence-corrected chi connectivity index (χ3v) is 4.04. The molecule has 3 rings (SSSR count). The zero-order chi connectivity index (χ0) is 18.5. The molecule has 1 aliphatic heterocycles. The zero-order valence-corrected chi connectivity index (χ0v) is 14.9. The third kappa shape index (κ3) is 3.61. The summed E-state index contributed by atoms with van der Waals surface area (Å²) in [6, 6.07) is 10.7. The first kappa shape index (κ1) is 17.7. The molecule has 0 radical (unpaired) electrons. The number of benzene rings is 2. The Kier molecular flexibility index (Phi) is 5.36. The molecule has 0 saturated heterocycles. The lowest BCUT2D eigenvalue weighted by atomic mass is 10.1. The summed E-state index contributed by atoms with van der Waals surface area (Å²) in [4.78, 5) is 12.4. The fraction of sp³-hybridized carbons (Fsp3) is 0.316. The van der Waals surface area contributed by atoms with E-state index in [4.69, 9.17) is 23.7 Å². The van der Waals surface area contributed by atoms with Crippen LogP contribution in [0.15, 0.2) is 36.4 Å². The van der Waals surface area contributed by atoms with Crippen molar-refractivity contribution in [2.45, 2.75) is 12.6 Å². The molecule has 0 aliphatic carbocycles. The molecule has 1 atom stereocenters. The van der Waals surface area contributed by atoms with Crippen LogP contribution < -0.4 is 29.0 Å². The lowest BCUT2D eigenvalue weighted by Gasteiger charge is -2.25. The van der Waals surface area contributed by atoms with E-state index in [0.29, 0.717) is 28.7 Å². The third-order valence-electron chi connectivity index (χ3n) is 4.04. The molecule has 0 bridgehead atoms. The maximum atomic E-state index is 12.4. The first-order valence-electron chi connectivity index (χ1n) is 8.11. The Morgan fingerprint density at radius 2 is 1.69 bits per heavy atom. The Morgan fingerprint density at radius 3 is 2.38 bits per heavy atom. The second-order valence-electron chi connectivity index (χ2n) is 5.60. The van der Waals surface area contributed by atoms with Gasteiger partial charge in [-0.25, -0.2) is 0 Å². The Balaban J connectivity index is 1.68. The lowest BCUT2D eigenvalue weighted by molar-refractivity contribution is -0.130. The standard InChI is InChI=1S/C19H21NO6/c1-22-15-9-17(24-3)16(23-2)8-12(15)10-20-19(21)18-11-25-13-6-4-5-7-14(13)26-18/h4-9,18H,10-11H2,1-3H3,(H,20,21)/t18-/m1/s1. The van der Waals surface area contributed by atoms with Crippen LogP contribution in [0.25, 0.3) is 0 Å². The molecular formula is C19H21NO6. The molecule has 1 aliphatic rings. The van der Waals surface area contributed by atoms with Gasteiger partial charge in [0.25, 0.3) is 5.91 Å². The minimum atomic E-state index is -0.712. The first-order valence-corrected chi connectivity index (χ1v) is 8.11. The molecule has 2 aromatic rings. The molecular weight excluding hydrogens is 338 g/mol. The summed E-state index contributed by atoms with van der Waals surface area (Å²) in [6.45, 7) is 0.412. The summed E-state index contributed by atoms with van der Waals surface area (Å²) in [7, 11) is 4.66. The Labute approximate surface area is 151 Å². The highest BCUT2D eigenvalue weighted by atomic mass is 16.6. The molecule has 2 aromatic carbocycles. The maximum absolute atomic E-state index is 12.4. The largest absolute Gasteiger partial charge is 0.496 e. The Hall–Kier alpha value is -3.09. The molecule has 0 saturated carbocycles. The summed E-state index contributed by atoms with van der Waals surface area (Å²) in [6.07, 6.45) is -0.712. The number of rotatable bonds is 6. The number of amides is 1. The molecule has 1 amide bonds. The van der Waals surface area contributed by atoms with E-state index in [9.17, 15) is 4.79 Å². The Bertz CT molecular complexity index is 792. The van der Waals surface area contributed by atoms with Crippen molar-refractivity contribution >= 4 is 5.91 Å². The van der Waals surface area contributed by atoms with Gasteiger partial charge in [-0.1, -0.05) is 12.1 Å². The predicted molar refractivity (Wildman–Crippen MR) is 94.3 cm³/mol. The quantitative estimate of drug-likeness (QED) is 0.852. The van der Waals surface area contributed by atoms with Crippen molar-refractivity contribution < 1.29 is 28.5 Å². The molecule has 0 fully saturated rings. The van der Waals surface area contributed by atoms with Crippen LogP contribution >= 0.6 is 0 Å². The molecule has 138 valence electrons. The molecule has 1 heterocycles. The van der Waals surface area contributed by atoms with Crippen molar-refractivity contribution in [3.05, 3.63) is 42.0 Å². The number of fused-ring (bicyclic) bond motifs is 1. The van der Waals surface area contributed by atoms with E-state index in [-0.39, 0.29) is 19.1 Å². The Morgan fingerprint density at radius 1 is 1.04 bits per heavy atom. The lowest BCUT2D eigenvalue weighted by Crippen LogP contribution is -2.43. The van der Waals surface area contributed by atoms with Crippen molar-refractivity contribution in [2.24, 2.45) is 0 Å². The van der Waals surface area contributed by atoms with Crippen molar-refractivity contribution in [3.63, 3.8) is 0 Å².